The molecule has 0 aliphatic carbocycles. The fraction of sp³-hybridized carbons (Fsp3) is 0.838. The number of nitrogens with zero attached hydrogens (tertiary/aromatic N) is 2. The molecule has 0 unspecified atom stereocenters. The summed E-state index contributed by atoms with van der Waals surface area (Å²) in [6.45, 7) is 18.1. The van der Waals surface area contributed by atoms with Crippen molar-refractivity contribution in [2.24, 2.45) is 0 Å². The summed E-state index contributed by atoms with van der Waals surface area (Å²) in [5.74, 6) is 0. The van der Waals surface area contributed by atoms with Gasteiger partial charge in [0.1, 0.15) is 0 Å². The first kappa shape index (κ1) is 96.1. The van der Waals surface area contributed by atoms with Crippen LogP contribution in [0.4, 0.5) is 0 Å². The van der Waals surface area contributed by atoms with Crippen molar-refractivity contribution in [3.63, 3.8) is 0 Å². The molecule has 596 valence electrons. The van der Waals surface area contributed by atoms with Gasteiger partial charge in [0.25, 0.3) is 0 Å². The van der Waals surface area contributed by atoms with E-state index in [2.05, 4.69) is 106 Å². The molecule has 0 radical (unpaired) electrons. The Morgan fingerprint density at radius 1 is 0.216 bits per heavy atom. The van der Waals surface area contributed by atoms with E-state index in [1.165, 1.54) is 493 Å². The predicted octanol–water partition coefficient (Wildman–Crippen LogP) is 36.3. The molecule has 102 heavy (non-hydrogen) atoms. The van der Waals surface area contributed by atoms with E-state index in [0.717, 1.165) is 42.6 Å². The Morgan fingerprint density at radius 3 is 0.657 bits per heavy atom. The standard InChI is InChI=1S/C39H58N2.2C30H61.Ni/c1-7-11-15-16-17-19-23-37-36(22-18-12-8-2)39(41(40)38(37)34-25-30(5)24-31(6)26-34)35-28-32(20-13-9-3)27-33(29-35)21-14-10-4;2*1-3-5-7-9-11-13-15-17-19-21-23-25-27-29-30-28-26-24-22-20-18-16-14-12-10-8-6-4-2;/h24-29H,7-23H2,1-6H3;2*1,3-30H2,2H3;. The molecule has 0 amide bonds. The number of benzene rings is 2. The molecule has 2 nitrogen and oxygen atoms in total. The Morgan fingerprint density at radius 2 is 0.412 bits per heavy atom. The van der Waals surface area contributed by atoms with Crippen LogP contribution in [0, 0.1) is 13.8 Å². The Kier molecular flexibility index (Phi) is 70.2. The topological polar surface area (TPSA) is 25.3 Å². The van der Waals surface area contributed by atoms with Crippen LogP contribution in [0.2, 0.25) is 10.8 Å². The van der Waals surface area contributed by atoms with Crippen LogP contribution in [0.5, 0.6) is 0 Å². The number of unbranched alkanes of at least 4 members (excludes halogenated alkanes) is 63. The molecule has 1 aliphatic heterocycles. The van der Waals surface area contributed by atoms with Crippen LogP contribution in [0.3, 0.4) is 0 Å². The number of allylic oxidation sites excluding steroid dienone is 2. The number of rotatable bonds is 77. The van der Waals surface area contributed by atoms with E-state index in [1.807, 2.05) is 0 Å². The van der Waals surface area contributed by atoms with Crippen molar-refractivity contribution in [3.05, 3.63) is 86.5 Å². The monoisotopic (exact) mass is 1460 g/mol. The zero-order valence-corrected chi connectivity index (χ0v) is 71.7. The van der Waals surface area contributed by atoms with Gasteiger partial charge in [-0.15, -0.1) is 0 Å². The molecular weight excluding hydrogens is 1280 g/mol. The average molecular weight is 1460 g/mol. The van der Waals surface area contributed by atoms with Gasteiger partial charge in [0.2, 0.25) is 11.4 Å². The number of aryl methyl sites for hydroxylation is 4. The number of hydrogen-bond acceptors (Lipinski definition) is 0. The molecule has 1 heterocycles. The zero-order chi connectivity index (χ0) is 73.3. The van der Waals surface area contributed by atoms with Gasteiger partial charge in [-0.3, -0.25) is 0 Å². The molecule has 0 fully saturated rings. The molecule has 0 aromatic heterocycles. The van der Waals surface area contributed by atoms with Gasteiger partial charge in [0.15, 0.2) is 0 Å². The molecular formula is C99H180N2Ni. The van der Waals surface area contributed by atoms with Crippen LogP contribution < -0.4 is 0 Å². The molecule has 0 saturated carbocycles. The molecule has 1 aliphatic rings. The van der Waals surface area contributed by atoms with Gasteiger partial charge in [-0.1, -0.05) is 341 Å². The minimum absolute atomic E-state index is 1.03. The van der Waals surface area contributed by atoms with E-state index >= 15 is 0 Å². The molecule has 0 N–H and O–H groups in total. The fourth-order valence-corrected chi connectivity index (χ4v) is 17.4. The summed E-state index contributed by atoms with van der Waals surface area (Å²) >= 11 is 2.06. The fourth-order valence-electron chi connectivity index (χ4n) is 16.2. The Labute approximate surface area is 647 Å². The van der Waals surface area contributed by atoms with E-state index in [0.29, 0.717) is 0 Å². The predicted molar refractivity (Wildman–Crippen MR) is 459 cm³/mol. The number of hydrogen-bond donors (Lipinski definition) is 0. The van der Waals surface area contributed by atoms with Crippen molar-refractivity contribution in [1.29, 1.82) is 0 Å². The smallest absolute Gasteiger partial charge is 0.0654 e. The van der Waals surface area contributed by atoms with Gasteiger partial charge >= 0.3 is 166 Å². The van der Waals surface area contributed by atoms with Crippen LogP contribution >= 0.6 is 0 Å². The second kappa shape index (κ2) is 74.5. The average Bonchev–Trinajstić information content (AvgIpc) is 1.60. The summed E-state index contributed by atoms with van der Waals surface area (Å²) in [4.78, 5) is 0. The van der Waals surface area contributed by atoms with Crippen molar-refractivity contribution < 1.29 is 19.1 Å². The van der Waals surface area contributed by atoms with Crippen molar-refractivity contribution >= 4 is 11.4 Å². The molecule has 0 atom stereocenters. The van der Waals surface area contributed by atoms with Gasteiger partial charge in [-0.2, -0.15) is 0 Å². The van der Waals surface area contributed by atoms with E-state index in [-0.39, 0.29) is 0 Å². The molecule has 2 aromatic carbocycles. The maximum atomic E-state index is 12.2. The van der Waals surface area contributed by atoms with Crippen molar-refractivity contribution in [2.45, 2.75) is 535 Å². The first-order chi connectivity index (χ1) is 50.3. The Bertz CT molecular complexity index is 2090. The molecule has 0 bridgehead atoms. The van der Waals surface area contributed by atoms with Gasteiger partial charge in [0, 0.05) is 22.3 Å². The molecule has 3 rings (SSSR count). The van der Waals surface area contributed by atoms with Crippen LogP contribution in [0.25, 0.3) is 16.9 Å². The first-order valence-corrected chi connectivity index (χ1v) is 48.4. The van der Waals surface area contributed by atoms with E-state index in [4.69, 9.17) is 0 Å². The quantitative estimate of drug-likeness (QED) is 0.0358. The second-order valence-electron chi connectivity index (χ2n) is 33.1. The summed E-state index contributed by atoms with van der Waals surface area (Å²) in [7, 11) is 0. The first-order valence-electron chi connectivity index (χ1n) is 47.0. The third-order valence-corrected chi connectivity index (χ3v) is 24.2. The van der Waals surface area contributed by atoms with Gasteiger partial charge < -0.3 is 5.53 Å². The second-order valence-corrected chi connectivity index (χ2v) is 34.6. The van der Waals surface area contributed by atoms with Crippen LogP contribution in [0.15, 0.2) is 47.5 Å². The zero-order valence-electron chi connectivity index (χ0n) is 70.7. The SMILES string of the molecule is CCCCCCCCC1=C(c2cc(C)cc(C)c2)[N+](=[N-])C(c2cc(CCCC)cc(CCCC)c2)=C1CCCCC.CCCCCCCCCCCCCCCCCCCCCCCCCCCCC[CH2][Ni][CH2]CCCCCCCCCCCCCCCCCCCCCCCCCCCCC. The summed E-state index contributed by atoms with van der Waals surface area (Å²) in [5, 5.41) is 2.87. The van der Waals surface area contributed by atoms with Gasteiger partial charge in [-0.25, -0.2) is 4.70 Å². The van der Waals surface area contributed by atoms with E-state index in [9.17, 15) is 5.53 Å². The van der Waals surface area contributed by atoms with Crippen LogP contribution in [-0.4, -0.2) is 4.70 Å². The Balaban J connectivity index is 0.000000744. The normalized spacial score (nSPS) is 12.5. The minimum atomic E-state index is 1.03. The van der Waals surface area contributed by atoms with Crippen LogP contribution in [-0.2, 0) is 27.3 Å². The van der Waals surface area contributed by atoms with E-state index < -0.39 is 0 Å². The van der Waals surface area contributed by atoms with Gasteiger partial charge in [0.05, 0.1) is 0 Å². The third kappa shape index (κ3) is 55.4. The summed E-state index contributed by atoms with van der Waals surface area (Å²) in [6.07, 6.45) is 104. The Hall–Kier alpha value is -1.99. The summed E-state index contributed by atoms with van der Waals surface area (Å²) in [5.41, 5.74) is 24.7. The van der Waals surface area contributed by atoms with E-state index in [1.54, 1.807) is 4.70 Å². The minimum Gasteiger partial charge on any atom is -0.0654 e. The van der Waals surface area contributed by atoms with Crippen molar-refractivity contribution in [2.75, 3.05) is 0 Å². The summed E-state index contributed by atoms with van der Waals surface area (Å²) in [6, 6.07) is 14.0. The molecule has 0 saturated heterocycles. The third-order valence-electron chi connectivity index (χ3n) is 22.8. The molecule has 2 aromatic rings. The maximum absolute atomic E-state index is 12.2. The summed E-state index contributed by atoms with van der Waals surface area (Å²) < 4.78 is 1.60. The van der Waals surface area contributed by atoms with Crippen LogP contribution in [0.1, 0.15) is 531 Å². The molecule has 0 spiro atoms. The van der Waals surface area contributed by atoms with Gasteiger partial charge in [-0.05, 0) is 101 Å². The van der Waals surface area contributed by atoms with Crippen molar-refractivity contribution in [3.8, 4) is 0 Å². The van der Waals surface area contributed by atoms with Crippen molar-refractivity contribution in [1.82, 2.24) is 0 Å². The molecule has 3 heteroatoms.